The zero-order valence-electron chi connectivity index (χ0n) is 11.5. The maximum atomic E-state index is 6.49. The van der Waals surface area contributed by atoms with Crippen LogP contribution >= 0.6 is 0 Å². The van der Waals surface area contributed by atoms with E-state index in [2.05, 4.69) is 57.2 Å². The molecule has 2 aromatic carbocycles. The molecule has 0 spiro atoms. The van der Waals surface area contributed by atoms with Gasteiger partial charge in [0.05, 0.1) is 0 Å². The number of hydrogen-bond acceptors (Lipinski definition) is 1. The SMILES string of the molecule is Cc1ccc(C(C)(C)C2(N)CC2)c2ccccc12. The molecule has 1 aliphatic carbocycles. The molecule has 0 aromatic heterocycles. The topological polar surface area (TPSA) is 26.0 Å². The van der Waals surface area contributed by atoms with Gasteiger partial charge in [0, 0.05) is 11.0 Å². The van der Waals surface area contributed by atoms with E-state index in [4.69, 9.17) is 5.73 Å². The number of rotatable bonds is 2. The molecule has 0 atom stereocenters. The second kappa shape index (κ2) is 3.58. The summed E-state index contributed by atoms with van der Waals surface area (Å²) < 4.78 is 0. The van der Waals surface area contributed by atoms with Crippen molar-refractivity contribution in [3.63, 3.8) is 0 Å². The highest BCUT2D eigenvalue weighted by molar-refractivity contribution is 5.89. The van der Waals surface area contributed by atoms with Crippen LogP contribution in [-0.2, 0) is 5.41 Å². The van der Waals surface area contributed by atoms with Gasteiger partial charge in [-0.05, 0) is 41.7 Å². The molecule has 1 heteroatoms. The first-order chi connectivity index (χ1) is 8.46. The third-order valence-electron chi connectivity index (χ3n) is 4.85. The second-order valence-electron chi connectivity index (χ2n) is 6.26. The summed E-state index contributed by atoms with van der Waals surface area (Å²) in [5.41, 5.74) is 9.25. The van der Waals surface area contributed by atoms with Gasteiger partial charge in [0.25, 0.3) is 0 Å². The largest absolute Gasteiger partial charge is 0.324 e. The molecule has 0 unspecified atom stereocenters. The van der Waals surface area contributed by atoms with E-state index in [0.717, 1.165) is 12.8 Å². The van der Waals surface area contributed by atoms with Crippen LogP contribution < -0.4 is 5.73 Å². The van der Waals surface area contributed by atoms with Gasteiger partial charge in [0.1, 0.15) is 0 Å². The van der Waals surface area contributed by atoms with Crippen LogP contribution in [0.2, 0.25) is 0 Å². The van der Waals surface area contributed by atoms with E-state index in [0.29, 0.717) is 0 Å². The zero-order valence-corrected chi connectivity index (χ0v) is 11.5. The Morgan fingerprint density at radius 2 is 1.61 bits per heavy atom. The minimum Gasteiger partial charge on any atom is -0.324 e. The van der Waals surface area contributed by atoms with E-state index in [9.17, 15) is 0 Å². The van der Waals surface area contributed by atoms with Gasteiger partial charge < -0.3 is 5.73 Å². The fourth-order valence-corrected chi connectivity index (χ4v) is 3.02. The summed E-state index contributed by atoms with van der Waals surface area (Å²) in [5.74, 6) is 0. The maximum absolute atomic E-state index is 6.49. The number of benzene rings is 2. The lowest BCUT2D eigenvalue weighted by molar-refractivity contribution is 0.394. The highest BCUT2D eigenvalue weighted by Gasteiger charge is 2.52. The molecule has 1 aliphatic rings. The molecule has 0 bridgehead atoms. The number of hydrogen-bond donors (Lipinski definition) is 1. The lowest BCUT2D eigenvalue weighted by Gasteiger charge is -2.34. The van der Waals surface area contributed by atoms with Crippen LogP contribution in [0.3, 0.4) is 0 Å². The Morgan fingerprint density at radius 1 is 1.00 bits per heavy atom. The van der Waals surface area contributed by atoms with Gasteiger partial charge in [0.2, 0.25) is 0 Å². The van der Waals surface area contributed by atoms with E-state index in [1.807, 2.05) is 0 Å². The van der Waals surface area contributed by atoms with Crippen molar-refractivity contribution in [1.82, 2.24) is 0 Å². The molecule has 0 radical (unpaired) electrons. The molecule has 2 aromatic rings. The monoisotopic (exact) mass is 239 g/mol. The quantitative estimate of drug-likeness (QED) is 0.844. The molecule has 0 heterocycles. The molecule has 0 saturated heterocycles. The summed E-state index contributed by atoms with van der Waals surface area (Å²) in [7, 11) is 0. The molecule has 1 saturated carbocycles. The summed E-state index contributed by atoms with van der Waals surface area (Å²) in [4.78, 5) is 0. The molecule has 3 rings (SSSR count). The van der Waals surface area contributed by atoms with Crippen LogP contribution in [0.5, 0.6) is 0 Å². The molecule has 1 nitrogen and oxygen atoms in total. The van der Waals surface area contributed by atoms with E-state index < -0.39 is 0 Å². The molecule has 18 heavy (non-hydrogen) atoms. The first-order valence-corrected chi connectivity index (χ1v) is 6.73. The van der Waals surface area contributed by atoms with Crippen molar-refractivity contribution in [2.45, 2.75) is 44.6 Å². The fourth-order valence-electron chi connectivity index (χ4n) is 3.02. The van der Waals surface area contributed by atoms with Gasteiger partial charge >= 0.3 is 0 Å². The Morgan fingerprint density at radius 3 is 2.22 bits per heavy atom. The minimum absolute atomic E-state index is 0.00890. The number of fused-ring (bicyclic) bond motifs is 1. The molecule has 0 amide bonds. The normalized spacial score (nSPS) is 18.0. The summed E-state index contributed by atoms with van der Waals surface area (Å²) >= 11 is 0. The summed E-state index contributed by atoms with van der Waals surface area (Å²) in [5, 5.41) is 2.71. The van der Waals surface area contributed by atoms with E-state index in [1.165, 1.54) is 21.9 Å². The van der Waals surface area contributed by atoms with E-state index in [1.54, 1.807) is 0 Å². The Labute approximate surface area is 109 Å². The number of aryl methyl sites for hydroxylation is 1. The molecule has 94 valence electrons. The lowest BCUT2D eigenvalue weighted by Crippen LogP contribution is -2.43. The summed E-state index contributed by atoms with van der Waals surface area (Å²) in [6, 6.07) is 13.2. The van der Waals surface area contributed by atoms with Gasteiger partial charge in [-0.1, -0.05) is 50.2 Å². The molecule has 0 aliphatic heterocycles. The van der Waals surface area contributed by atoms with Crippen molar-refractivity contribution >= 4 is 10.8 Å². The predicted octanol–water partition coefficient (Wildman–Crippen LogP) is 3.92. The van der Waals surface area contributed by atoms with Crippen molar-refractivity contribution in [3.05, 3.63) is 47.5 Å². The third kappa shape index (κ3) is 1.50. The maximum Gasteiger partial charge on any atom is 0.0248 e. The van der Waals surface area contributed by atoms with Crippen molar-refractivity contribution in [2.75, 3.05) is 0 Å². The Bertz CT molecular complexity index is 606. The standard InChI is InChI=1S/C17H21N/c1-12-8-9-15(14-7-5-4-6-13(12)14)16(2,3)17(18)10-11-17/h4-9H,10-11,18H2,1-3H3. The van der Waals surface area contributed by atoms with Crippen molar-refractivity contribution < 1.29 is 0 Å². The first kappa shape index (κ1) is 11.7. The Kier molecular flexibility index (Phi) is 2.33. The molecular formula is C17H21N. The minimum atomic E-state index is -0.00890. The Hall–Kier alpha value is -1.34. The van der Waals surface area contributed by atoms with Gasteiger partial charge in [0.15, 0.2) is 0 Å². The number of nitrogens with two attached hydrogens (primary N) is 1. The highest BCUT2D eigenvalue weighted by Crippen LogP contribution is 2.50. The van der Waals surface area contributed by atoms with Crippen molar-refractivity contribution in [1.29, 1.82) is 0 Å². The van der Waals surface area contributed by atoms with E-state index in [-0.39, 0.29) is 11.0 Å². The first-order valence-electron chi connectivity index (χ1n) is 6.73. The van der Waals surface area contributed by atoms with Crippen LogP contribution in [-0.4, -0.2) is 5.54 Å². The van der Waals surface area contributed by atoms with Crippen LogP contribution in [0.1, 0.15) is 37.8 Å². The summed E-state index contributed by atoms with van der Waals surface area (Å²) in [6.07, 6.45) is 2.28. The van der Waals surface area contributed by atoms with Crippen molar-refractivity contribution in [3.8, 4) is 0 Å². The molecular weight excluding hydrogens is 218 g/mol. The van der Waals surface area contributed by atoms with E-state index >= 15 is 0 Å². The lowest BCUT2D eigenvalue weighted by atomic mass is 9.74. The van der Waals surface area contributed by atoms with Gasteiger partial charge in [-0.3, -0.25) is 0 Å². The van der Waals surface area contributed by atoms with Crippen LogP contribution in [0.25, 0.3) is 10.8 Å². The average Bonchev–Trinajstić information content (AvgIpc) is 3.10. The third-order valence-corrected chi connectivity index (χ3v) is 4.85. The second-order valence-corrected chi connectivity index (χ2v) is 6.26. The predicted molar refractivity (Wildman–Crippen MR) is 77.9 cm³/mol. The Balaban J connectivity index is 2.27. The van der Waals surface area contributed by atoms with Gasteiger partial charge in [-0.25, -0.2) is 0 Å². The molecule has 2 N–H and O–H groups in total. The smallest absolute Gasteiger partial charge is 0.0248 e. The van der Waals surface area contributed by atoms with Gasteiger partial charge in [-0.2, -0.15) is 0 Å². The van der Waals surface area contributed by atoms with Crippen molar-refractivity contribution in [2.24, 2.45) is 5.73 Å². The van der Waals surface area contributed by atoms with Gasteiger partial charge in [-0.15, -0.1) is 0 Å². The fraction of sp³-hybridized carbons (Fsp3) is 0.412. The van der Waals surface area contributed by atoms with Crippen LogP contribution in [0, 0.1) is 6.92 Å². The molecule has 1 fully saturated rings. The summed E-state index contributed by atoms with van der Waals surface area (Å²) in [6.45, 7) is 6.75. The zero-order chi connectivity index (χ0) is 13.0. The van der Waals surface area contributed by atoms with Crippen LogP contribution in [0.15, 0.2) is 36.4 Å². The van der Waals surface area contributed by atoms with Crippen LogP contribution in [0.4, 0.5) is 0 Å². The highest BCUT2D eigenvalue weighted by atomic mass is 14.9. The average molecular weight is 239 g/mol.